The highest BCUT2D eigenvalue weighted by Gasteiger charge is 2.19. The van der Waals surface area contributed by atoms with Crippen molar-refractivity contribution < 1.29 is 9.53 Å². The quantitative estimate of drug-likeness (QED) is 0.600. The van der Waals surface area contributed by atoms with Crippen LogP contribution in [0.15, 0.2) is 32.5 Å². The maximum atomic E-state index is 12.5. The van der Waals surface area contributed by atoms with E-state index in [2.05, 4.69) is 26.2 Å². The minimum absolute atomic E-state index is 0.0896. The number of amides is 1. The summed E-state index contributed by atoms with van der Waals surface area (Å²) in [6, 6.07) is 4.84. The highest BCUT2D eigenvalue weighted by molar-refractivity contribution is 9.10. The molecule has 9 nitrogen and oxygen atoms in total. The molecule has 0 saturated heterocycles. The van der Waals surface area contributed by atoms with Crippen LogP contribution in [-0.2, 0) is 25.4 Å². The Balaban J connectivity index is 1.96. The molecule has 11 heteroatoms. The maximum Gasteiger partial charge on any atom is 0.332 e. The third kappa shape index (κ3) is 3.37. The Morgan fingerprint density at radius 2 is 2.00 bits per heavy atom. The standard InChI is InChI=1S/C16H15BrClN5O4/c1-21-13-12(14(25)22(2)16(21)26)20-15(17)23(13)7-11(24)19-8-4-5-10(27-3)9(18)6-8/h4-6H,7H2,1-3H3,(H,19,24). The van der Waals surface area contributed by atoms with Crippen LogP contribution in [0.25, 0.3) is 11.2 Å². The number of rotatable bonds is 4. The van der Waals surface area contributed by atoms with E-state index in [1.54, 1.807) is 18.2 Å². The highest BCUT2D eigenvalue weighted by atomic mass is 79.9. The smallest absolute Gasteiger partial charge is 0.332 e. The van der Waals surface area contributed by atoms with Crippen LogP contribution in [0, 0.1) is 0 Å². The topological polar surface area (TPSA) is 100 Å². The van der Waals surface area contributed by atoms with Crippen molar-refractivity contribution in [1.82, 2.24) is 18.7 Å². The first-order valence-electron chi connectivity index (χ1n) is 7.69. The van der Waals surface area contributed by atoms with Crippen molar-refractivity contribution >= 4 is 50.3 Å². The minimum atomic E-state index is -0.533. The van der Waals surface area contributed by atoms with E-state index in [1.807, 2.05) is 0 Å². The summed E-state index contributed by atoms with van der Waals surface area (Å²) in [4.78, 5) is 41.1. The van der Waals surface area contributed by atoms with Gasteiger partial charge >= 0.3 is 5.69 Å². The summed E-state index contributed by atoms with van der Waals surface area (Å²) < 4.78 is 9.01. The summed E-state index contributed by atoms with van der Waals surface area (Å²) in [7, 11) is 4.38. The van der Waals surface area contributed by atoms with E-state index >= 15 is 0 Å². The largest absolute Gasteiger partial charge is 0.495 e. The molecule has 0 radical (unpaired) electrons. The Bertz CT molecular complexity index is 1180. The fraction of sp³-hybridized carbons (Fsp3) is 0.250. The summed E-state index contributed by atoms with van der Waals surface area (Å²) in [5.41, 5.74) is -0.223. The van der Waals surface area contributed by atoms with E-state index < -0.39 is 11.2 Å². The number of carbonyl (C=O) groups is 1. The SMILES string of the molecule is COc1ccc(NC(=O)Cn2c(Br)nc3c(=O)n(C)c(=O)n(C)c32)cc1Cl. The van der Waals surface area contributed by atoms with Crippen LogP contribution in [0.5, 0.6) is 5.75 Å². The van der Waals surface area contributed by atoms with Gasteiger partial charge in [0.15, 0.2) is 15.9 Å². The molecule has 1 N–H and O–H groups in total. The fourth-order valence-corrected chi connectivity index (χ4v) is 3.42. The zero-order valence-corrected chi connectivity index (χ0v) is 17.0. The first-order valence-corrected chi connectivity index (χ1v) is 8.86. The third-order valence-corrected chi connectivity index (χ3v) is 4.93. The lowest BCUT2D eigenvalue weighted by Crippen LogP contribution is -2.37. The molecule has 1 aromatic carbocycles. The number of ether oxygens (including phenoxy) is 1. The van der Waals surface area contributed by atoms with Gasteiger partial charge in [-0.3, -0.25) is 23.3 Å². The summed E-state index contributed by atoms with van der Waals surface area (Å²) in [5.74, 6) is 0.105. The minimum Gasteiger partial charge on any atom is -0.495 e. The molecule has 2 aromatic heterocycles. The third-order valence-electron chi connectivity index (χ3n) is 4.03. The molecule has 3 rings (SSSR count). The lowest BCUT2D eigenvalue weighted by Gasteiger charge is -2.11. The second-order valence-corrected chi connectivity index (χ2v) is 6.86. The average Bonchev–Trinajstić information content (AvgIpc) is 2.95. The number of carbonyl (C=O) groups excluding carboxylic acids is 1. The number of fused-ring (bicyclic) bond motifs is 1. The van der Waals surface area contributed by atoms with Gasteiger partial charge in [0, 0.05) is 19.8 Å². The van der Waals surface area contributed by atoms with Gasteiger partial charge in [-0.15, -0.1) is 0 Å². The molecular formula is C16H15BrClN5O4. The van der Waals surface area contributed by atoms with Gasteiger partial charge in [0.1, 0.15) is 12.3 Å². The molecule has 0 bridgehead atoms. The molecule has 0 aliphatic heterocycles. The van der Waals surface area contributed by atoms with Crippen LogP contribution in [0.4, 0.5) is 5.69 Å². The van der Waals surface area contributed by atoms with Gasteiger partial charge in [0.25, 0.3) is 5.56 Å². The Morgan fingerprint density at radius 1 is 1.30 bits per heavy atom. The van der Waals surface area contributed by atoms with E-state index in [9.17, 15) is 14.4 Å². The number of nitrogens with zero attached hydrogens (tertiary/aromatic N) is 4. The molecule has 3 aromatic rings. The van der Waals surface area contributed by atoms with Crippen LogP contribution in [0.1, 0.15) is 0 Å². The monoisotopic (exact) mass is 455 g/mol. The van der Waals surface area contributed by atoms with Crippen molar-refractivity contribution in [2.75, 3.05) is 12.4 Å². The maximum absolute atomic E-state index is 12.5. The zero-order chi connectivity index (χ0) is 19.9. The van der Waals surface area contributed by atoms with E-state index in [0.717, 1.165) is 4.57 Å². The van der Waals surface area contributed by atoms with Gasteiger partial charge < -0.3 is 10.1 Å². The number of benzene rings is 1. The summed E-state index contributed by atoms with van der Waals surface area (Å²) in [6.07, 6.45) is 0. The van der Waals surface area contributed by atoms with Gasteiger partial charge in [0.05, 0.1) is 12.1 Å². The molecule has 142 valence electrons. The van der Waals surface area contributed by atoms with E-state index in [4.69, 9.17) is 16.3 Å². The van der Waals surface area contributed by atoms with Gasteiger partial charge in [-0.05, 0) is 34.1 Å². The number of halogens is 2. The van der Waals surface area contributed by atoms with Crippen molar-refractivity contribution in [3.8, 4) is 5.75 Å². The number of imidazole rings is 1. The number of aryl methyl sites for hydroxylation is 1. The number of hydrogen-bond acceptors (Lipinski definition) is 5. The first kappa shape index (κ1) is 19.2. The van der Waals surface area contributed by atoms with Crippen LogP contribution in [0.3, 0.4) is 0 Å². The molecule has 0 aliphatic carbocycles. The lowest BCUT2D eigenvalue weighted by molar-refractivity contribution is -0.116. The van der Waals surface area contributed by atoms with E-state index in [1.165, 1.54) is 30.3 Å². The normalized spacial score (nSPS) is 11.0. The molecule has 0 aliphatic rings. The predicted molar refractivity (Wildman–Crippen MR) is 105 cm³/mol. The van der Waals surface area contributed by atoms with Crippen molar-refractivity contribution in [1.29, 1.82) is 0 Å². The number of hydrogen-bond donors (Lipinski definition) is 1. The van der Waals surface area contributed by atoms with Gasteiger partial charge in [-0.1, -0.05) is 11.6 Å². The molecule has 0 atom stereocenters. The Morgan fingerprint density at radius 3 is 2.63 bits per heavy atom. The zero-order valence-electron chi connectivity index (χ0n) is 14.6. The van der Waals surface area contributed by atoms with Gasteiger partial charge in [-0.2, -0.15) is 0 Å². The fourth-order valence-electron chi connectivity index (χ4n) is 2.69. The van der Waals surface area contributed by atoms with Gasteiger partial charge in [-0.25, -0.2) is 9.78 Å². The van der Waals surface area contributed by atoms with E-state index in [0.29, 0.717) is 16.5 Å². The second-order valence-electron chi connectivity index (χ2n) is 5.74. The van der Waals surface area contributed by atoms with E-state index in [-0.39, 0.29) is 28.3 Å². The van der Waals surface area contributed by atoms with Crippen molar-refractivity contribution in [3.63, 3.8) is 0 Å². The van der Waals surface area contributed by atoms with Gasteiger partial charge in [0.2, 0.25) is 5.91 Å². The molecule has 0 unspecified atom stereocenters. The van der Waals surface area contributed by atoms with Crippen LogP contribution >= 0.6 is 27.5 Å². The molecule has 1 amide bonds. The van der Waals surface area contributed by atoms with Crippen molar-refractivity contribution in [2.24, 2.45) is 14.1 Å². The first-order chi connectivity index (χ1) is 12.7. The molecular weight excluding hydrogens is 442 g/mol. The Hall–Kier alpha value is -2.59. The predicted octanol–water partition coefficient (Wildman–Crippen LogP) is 1.50. The van der Waals surface area contributed by atoms with Crippen LogP contribution < -0.4 is 21.3 Å². The number of aromatic nitrogens is 4. The number of anilines is 1. The molecule has 0 spiro atoms. The van der Waals surface area contributed by atoms with Crippen molar-refractivity contribution in [2.45, 2.75) is 6.54 Å². The van der Waals surface area contributed by atoms with Crippen LogP contribution in [0.2, 0.25) is 5.02 Å². The molecule has 2 heterocycles. The van der Waals surface area contributed by atoms with Crippen LogP contribution in [-0.4, -0.2) is 31.7 Å². The summed E-state index contributed by atoms with van der Waals surface area (Å²) in [6.45, 7) is -0.165. The summed E-state index contributed by atoms with van der Waals surface area (Å²) in [5, 5.41) is 3.06. The Labute approximate surface area is 166 Å². The highest BCUT2D eigenvalue weighted by Crippen LogP contribution is 2.27. The average molecular weight is 457 g/mol. The number of nitrogens with one attached hydrogen (secondary N) is 1. The lowest BCUT2D eigenvalue weighted by atomic mass is 10.3. The molecule has 0 fully saturated rings. The van der Waals surface area contributed by atoms with Crippen molar-refractivity contribution in [3.05, 3.63) is 48.8 Å². The summed E-state index contributed by atoms with van der Waals surface area (Å²) >= 11 is 9.30. The molecule has 0 saturated carbocycles. The molecule has 27 heavy (non-hydrogen) atoms. The second kappa shape index (κ2) is 7.20. The number of methoxy groups -OCH3 is 1. The Kier molecular flexibility index (Phi) is 5.11.